The van der Waals surface area contributed by atoms with Crippen molar-refractivity contribution in [3.63, 3.8) is 0 Å². The molecule has 0 aliphatic carbocycles. The van der Waals surface area contributed by atoms with Gasteiger partial charge in [-0.3, -0.25) is 14.4 Å². The second-order valence-corrected chi connectivity index (χ2v) is 11.5. The Morgan fingerprint density at radius 1 is 1.02 bits per heavy atom. The summed E-state index contributed by atoms with van der Waals surface area (Å²) in [5.74, 6) is -5.33. The average molecular weight is 683 g/mol. The van der Waals surface area contributed by atoms with Crippen LogP contribution < -0.4 is 14.8 Å². The lowest BCUT2D eigenvalue weighted by molar-refractivity contribution is -0.176. The molecule has 48 heavy (non-hydrogen) atoms. The number of ether oxygens (including phenoxy) is 6. The first-order chi connectivity index (χ1) is 23.0. The molecule has 0 bridgehead atoms. The number of halogens is 1. The Morgan fingerprint density at radius 3 is 2.42 bits per heavy atom. The average Bonchev–Trinajstić information content (AvgIpc) is 3.10. The largest absolute Gasteiger partial charge is 0.514 e. The van der Waals surface area contributed by atoms with Gasteiger partial charge in [0, 0.05) is 22.8 Å². The molecule has 4 atom stereocenters. The summed E-state index contributed by atoms with van der Waals surface area (Å²) in [5, 5.41) is 2.80. The Balaban J connectivity index is 1.54. The van der Waals surface area contributed by atoms with Crippen molar-refractivity contribution in [3.8, 4) is 11.5 Å². The lowest BCUT2D eigenvalue weighted by atomic mass is 9.91. The minimum absolute atomic E-state index is 0.0412. The molecule has 4 rings (SSSR count). The zero-order chi connectivity index (χ0) is 34.8. The molecular formula is C34H35ClN2O11. The molecule has 13 nitrogen and oxygen atoms in total. The normalized spacial score (nSPS) is 19.5. The van der Waals surface area contributed by atoms with Gasteiger partial charge in [-0.25, -0.2) is 14.6 Å². The molecule has 1 N–H and O–H groups in total. The van der Waals surface area contributed by atoms with Gasteiger partial charge in [0.25, 0.3) is 5.91 Å². The third-order valence-corrected chi connectivity index (χ3v) is 7.63. The SMILES string of the molecule is COc1ccnc(C(=O)N[C@H]2COC(=O)[C@H](Cc3ccccc3)[C@@H](OC(=O)C(C)C)[C@H](C)OC2=O)c1OC(=O)OCc1ccccc1Cl. The Bertz CT molecular complexity index is 1630. The number of amides is 1. The van der Waals surface area contributed by atoms with E-state index in [-0.39, 0.29) is 18.8 Å². The summed E-state index contributed by atoms with van der Waals surface area (Å²) < 4.78 is 32.5. The molecule has 1 aliphatic rings. The molecule has 0 radical (unpaired) electrons. The van der Waals surface area contributed by atoms with Crippen molar-refractivity contribution in [2.75, 3.05) is 13.7 Å². The number of esters is 3. The van der Waals surface area contributed by atoms with Gasteiger partial charge >= 0.3 is 24.1 Å². The lowest BCUT2D eigenvalue weighted by Gasteiger charge is -2.29. The molecule has 0 spiro atoms. The standard InChI is InChI=1S/C34H35ClN2O11/c1-19(2)31(39)47-28-20(3)46-33(41)25(18-44-32(40)23(28)16-21-10-6-5-7-11-21)37-30(38)27-29(26(43-4)14-15-36-27)48-34(42)45-17-22-12-8-9-13-24(22)35/h5-15,19-20,23,25,28H,16-18H2,1-4H3,(H,37,38)/t20-,23+,25-,28-/m0/s1. The van der Waals surface area contributed by atoms with Crippen LogP contribution in [0.3, 0.4) is 0 Å². The Labute approximate surface area is 281 Å². The Morgan fingerprint density at radius 2 is 1.73 bits per heavy atom. The minimum Gasteiger partial charge on any atom is -0.493 e. The van der Waals surface area contributed by atoms with E-state index in [9.17, 15) is 24.0 Å². The molecule has 1 saturated heterocycles. The molecule has 1 fully saturated rings. The van der Waals surface area contributed by atoms with Crippen LogP contribution in [0.4, 0.5) is 4.79 Å². The van der Waals surface area contributed by atoms with Crippen LogP contribution in [0.15, 0.2) is 66.9 Å². The molecule has 254 valence electrons. The quantitative estimate of drug-likeness (QED) is 0.236. The van der Waals surface area contributed by atoms with Crippen LogP contribution in [0.2, 0.25) is 5.02 Å². The number of pyridine rings is 1. The molecule has 2 aromatic carbocycles. The molecule has 2 heterocycles. The number of carbonyl (C=O) groups excluding carboxylic acids is 5. The molecular weight excluding hydrogens is 648 g/mol. The van der Waals surface area contributed by atoms with E-state index >= 15 is 0 Å². The predicted molar refractivity (Wildman–Crippen MR) is 169 cm³/mol. The number of rotatable bonds is 10. The second kappa shape index (κ2) is 16.6. The molecule has 1 amide bonds. The number of nitrogens with one attached hydrogen (secondary N) is 1. The molecule has 0 unspecified atom stereocenters. The van der Waals surface area contributed by atoms with Crippen LogP contribution >= 0.6 is 11.6 Å². The van der Waals surface area contributed by atoms with E-state index in [0.29, 0.717) is 10.6 Å². The van der Waals surface area contributed by atoms with Crippen molar-refractivity contribution in [3.05, 3.63) is 88.7 Å². The maximum Gasteiger partial charge on any atom is 0.514 e. The molecule has 3 aromatic rings. The van der Waals surface area contributed by atoms with Crippen molar-refractivity contribution in [2.45, 2.75) is 52.0 Å². The maximum atomic E-state index is 13.5. The van der Waals surface area contributed by atoms with E-state index in [1.807, 2.05) is 6.07 Å². The van der Waals surface area contributed by atoms with Gasteiger partial charge in [-0.1, -0.05) is 74.0 Å². The van der Waals surface area contributed by atoms with Crippen LogP contribution in [0.1, 0.15) is 42.4 Å². The van der Waals surface area contributed by atoms with Crippen molar-refractivity contribution in [1.29, 1.82) is 0 Å². The molecule has 1 aliphatic heterocycles. The zero-order valence-corrected chi connectivity index (χ0v) is 27.4. The van der Waals surface area contributed by atoms with Gasteiger partial charge in [-0.15, -0.1) is 0 Å². The van der Waals surface area contributed by atoms with Crippen LogP contribution in [-0.2, 0) is 46.4 Å². The predicted octanol–water partition coefficient (Wildman–Crippen LogP) is 4.47. The van der Waals surface area contributed by atoms with E-state index in [4.69, 9.17) is 40.0 Å². The highest BCUT2D eigenvalue weighted by Gasteiger charge is 2.42. The van der Waals surface area contributed by atoms with Gasteiger partial charge in [0.15, 0.2) is 23.6 Å². The summed E-state index contributed by atoms with van der Waals surface area (Å²) in [6, 6.07) is 15.5. The maximum absolute atomic E-state index is 13.5. The summed E-state index contributed by atoms with van der Waals surface area (Å²) in [6.45, 7) is 3.90. The highest BCUT2D eigenvalue weighted by molar-refractivity contribution is 6.31. The van der Waals surface area contributed by atoms with E-state index in [1.54, 1.807) is 62.4 Å². The number of hydrogen-bond donors (Lipinski definition) is 1. The third-order valence-electron chi connectivity index (χ3n) is 7.26. The first-order valence-electron chi connectivity index (χ1n) is 15.0. The van der Waals surface area contributed by atoms with Crippen molar-refractivity contribution in [1.82, 2.24) is 10.3 Å². The summed E-state index contributed by atoms with van der Waals surface area (Å²) >= 11 is 6.12. The minimum atomic E-state index is -1.52. The Hall–Kier alpha value is -5.17. The fourth-order valence-electron chi connectivity index (χ4n) is 4.69. The number of benzene rings is 2. The number of nitrogens with zero attached hydrogens (tertiary/aromatic N) is 1. The fourth-order valence-corrected chi connectivity index (χ4v) is 4.88. The third kappa shape index (κ3) is 9.22. The van der Waals surface area contributed by atoms with Crippen LogP contribution in [0.5, 0.6) is 11.5 Å². The number of methoxy groups -OCH3 is 1. The van der Waals surface area contributed by atoms with E-state index in [2.05, 4.69) is 10.3 Å². The Kier molecular flexibility index (Phi) is 12.3. The lowest BCUT2D eigenvalue weighted by Crippen LogP contribution is -2.47. The summed E-state index contributed by atoms with van der Waals surface area (Å²) in [7, 11) is 1.28. The first kappa shape index (κ1) is 35.7. The van der Waals surface area contributed by atoms with Crippen LogP contribution in [0.25, 0.3) is 0 Å². The van der Waals surface area contributed by atoms with Crippen LogP contribution in [0, 0.1) is 11.8 Å². The zero-order valence-electron chi connectivity index (χ0n) is 26.7. The van der Waals surface area contributed by atoms with Gasteiger partial charge in [0.1, 0.15) is 25.2 Å². The van der Waals surface area contributed by atoms with Gasteiger partial charge in [-0.05, 0) is 25.0 Å². The fraction of sp³-hybridized carbons (Fsp3) is 0.353. The first-order valence-corrected chi connectivity index (χ1v) is 15.4. The number of hydrogen-bond acceptors (Lipinski definition) is 12. The highest BCUT2D eigenvalue weighted by Crippen LogP contribution is 2.31. The van der Waals surface area contributed by atoms with E-state index in [1.165, 1.54) is 26.3 Å². The molecule has 0 saturated carbocycles. The van der Waals surface area contributed by atoms with E-state index < -0.39 is 78.1 Å². The second-order valence-electron chi connectivity index (χ2n) is 11.1. The molecule has 14 heteroatoms. The van der Waals surface area contributed by atoms with Gasteiger partial charge < -0.3 is 33.7 Å². The van der Waals surface area contributed by atoms with Crippen molar-refractivity contribution in [2.24, 2.45) is 11.8 Å². The van der Waals surface area contributed by atoms with Crippen molar-refractivity contribution >= 4 is 41.6 Å². The summed E-state index contributed by atoms with van der Waals surface area (Å²) in [5.41, 5.74) is 0.832. The summed E-state index contributed by atoms with van der Waals surface area (Å²) in [6.07, 6.45) is -2.15. The monoisotopic (exact) mass is 682 g/mol. The van der Waals surface area contributed by atoms with E-state index in [0.717, 1.165) is 5.56 Å². The number of aromatic nitrogens is 1. The van der Waals surface area contributed by atoms with Gasteiger partial charge in [-0.2, -0.15) is 0 Å². The number of carbonyl (C=O) groups is 5. The van der Waals surface area contributed by atoms with Crippen LogP contribution in [-0.4, -0.2) is 66.9 Å². The van der Waals surface area contributed by atoms with Gasteiger partial charge in [0.2, 0.25) is 5.75 Å². The number of cyclic esters (lactones) is 2. The van der Waals surface area contributed by atoms with Crippen molar-refractivity contribution < 1.29 is 52.4 Å². The molecule has 1 aromatic heterocycles. The smallest absolute Gasteiger partial charge is 0.493 e. The highest BCUT2D eigenvalue weighted by atomic mass is 35.5. The van der Waals surface area contributed by atoms with Gasteiger partial charge in [0.05, 0.1) is 13.0 Å². The topological polar surface area (TPSA) is 166 Å². The summed E-state index contributed by atoms with van der Waals surface area (Å²) in [4.78, 5) is 69.6.